The van der Waals surface area contributed by atoms with Crippen LogP contribution >= 0.6 is 23.2 Å². The van der Waals surface area contributed by atoms with Crippen LogP contribution in [0.2, 0.25) is 10.0 Å². The van der Waals surface area contributed by atoms with E-state index in [0.717, 1.165) is 12.8 Å². The molecule has 1 saturated carbocycles. The second-order valence-corrected chi connectivity index (χ2v) is 6.05. The van der Waals surface area contributed by atoms with E-state index in [1.54, 1.807) is 0 Å². The number of halogens is 2. The number of nitrogens with one attached hydrogen (secondary N) is 1. The first-order chi connectivity index (χ1) is 10.0. The molecule has 1 aromatic carbocycles. The lowest BCUT2D eigenvalue weighted by atomic mass is 10.2. The summed E-state index contributed by atoms with van der Waals surface area (Å²) in [6, 6.07) is 3.04. The zero-order chi connectivity index (χ0) is 15.0. The third-order valence-electron chi connectivity index (χ3n) is 3.44. The van der Waals surface area contributed by atoms with Gasteiger partial charge in [0, 0.05) is 11.6 Å². The summed E-state index contributed by atoms with van der Waals surface area (Å²) in [5.41, 5.74) is 0.0617. The molecule has 110 valence electrons. The summed E-state index contributed by atoms with van der Waals surface area (Å²) in [5, 5.41) is 3.81. The molecule has 0 saturated heterocycles. The normalized spacial score (nSPS) is 14.4. The fraction of sp³-hybridized carbons (Fsp3) is 0.357. The number of benzene rings is 1. The smallest absolute Gasteiger partial charge is 0.261 e. The van der Waals surface area contributed by atoms with Crippen LogP contribution in [0.3, 0.4) is 0 Å². The minimum absolute atomic E-state index is 0.0569. The minimum atomic E-state index is -0.328. The Bertz CT molecular complexity index is 769. The lowest BCUT2D eigenvalue weighted by Gasteiger charge is -2.08. The Labute approximate surface area is 130 Å². The van der Waals surface area contributed by atoms with E-state index >= 15 is 0 Å². The number of hydrogen-bond acceptors (Lipinski definition) is 3. The zero-order valence-electron chi connectivity index (χ0n) is 11.1. The number of hydrogen-bond donors (Lipinski definition) is 1. The average Bonchev–Trinajstić information content (AvgIpc) is 3.24. The molecule has 1 aromatic heterocycles. The van der Waals surface area contributed by atoms with Gasteiger partial charge in [-0.15, -0.1) is 0 Å². The van der Waals surface area contributed by atoms with E-state index in [4.69, 9.17) is 23.2 Å². The topological polar surface area (TPSA) is 64.0 Å². The van der Waals surface area contributed by atoms with Gasteiger partial charge in [0.05, 0.1) is 22.3 Å². The molecule has 0 radical (unpaired) electrons. The van der Waals surface area contributed by atoms with Gasteiger partial charge in [-0.3, -0.25) is 14.2 Å². The summed E-state index contributed by atoms with van der Waals surface area (Å²) in [6.45, 7) is 0.616. The maximum atomic E-state index is 12.3. The lowest BCUT2D eigenvalue weighted by molar-refractivity contribution is -0.121. The van der Waals surface area contributed by atoms with Gasteiger partial charge in [-0.1, -0.05) is 23.2 Å². The highest BCUT2D eigenvalue weighted by molar-refractivity contribution is 6.38. The molecule has 0 unspecified atom stereocenters. The van der Waals surface area contributed by atoms with Gasteiger partial charge in [0.15, 0.2) is 0 Å². The first kappa shape index (κ1) is 14.4. The molecule has 21 heavy (non-hydrogen) atoms. The predicted octanol–water partition coefficient (Wildman–Crippen LogP) is 2.23. The quantitative estimate of drug-likeness (QED) is 0.937. The summed E-state index contributed by atoms with van der Waals surface area (Å²) in [4.78, 5) is 28.3. The molecule has 1 amide bonds. The number of carbonyl (C=O) groups excluding carboxylic acids is 1. The first-order valence-corrected chi connectivity index (χ1v) is 7.41. The molecule has 0 atom stereocenters. The largest absolute Gasteiger partial charge is 0.354 e. The van der Waals surface area contributed by atoms with Crippen molar-refractivity contribution in [1.82, 2.24) is 14.9 Å². The highest BCUT2D eigenvalue weighted by Gasteiger charge is 2.21. The van der Waals surface area contributed by atoms with Crippen molar-refractivity contribution in [3.8, 4) is 0 Å². The fourth-order valence-electron chi connectivity index (χ4n) is 2.10. The maximum absolute atomic E-state index is 12.3. The van der Waals surface area contributed by atoms with E-state index in [2.05, 4.69) is 10.3 Å². The number of carbonyl (C=O) groups is 1. The standard InChI is InChI=1S/C14H13Cl2N3O2/c15-9-3-10-13(11(16)4-9)18-7-19(14(10)21)6-12(20)17-5-8-1-2-8/h3-4,7-8H,1-2,5-6H2,(H,17,20). The van der Waals surface area contributed by atoms with Crippen LogP contribution in [0.4, 0.5) is 0 Å². The van der Waals surface area contributed by atoms with Crippen LogP contribution in [0.5, 0.6) is 0 Å². The van der Waals surface area contributed by atoms with Crippen LogP contribution < -0.4 is 10.9 Å². The molecule has 2 aromatic rings. The van der Waals surface area contributed by atoms with Crippen LogP contribution in [0.15, 0.2) is 23.3 Å². The van der Waals surface area contributed by atoms with E-state index in [9.17, 15) is 9.59 Å². The molecule has 1 aliphatic carbocycles. The van der Waals surface area contributed by atoms with E-state index in [0.29, 0.717) is 33.4 Å². The van der Waals surface area contributed by atoms with E-state index in [-0.39, 0.29) is 18.0 Å². The third-order valence-corrected chi connectivity index (χ3v) is 3.95. The third kappa shape index (κ3) is 3.19. The molecule has 3 rings (SSSR count). The molecule has 0 bridgehead atoms. The average molecular weight is 326 g/mol. The van der Waals surface area contributed by atoms with Crippen molar-refractivity contribution in [3.63, 3.8) is 0 Å². The Balaban J connectivity index is 1.87. The number of aromatic nitrogens is 2. The van der Waals surface area contributed by atoms with Crippen molar-refractivity contribution in [2.24, 2.45) is 5.92 Å². The van der Waals surface area contributed by atoms with Gasteiger partial charge in [-0.05, 0) is 30.9 Å². The van der Waals surface area contributed by atoms with Crippen molar-refractivity contribution < 1.29 is 4.79 Å². The van der Waals surface area contributed by atoms with Gasteiger partial charge in [0.2, 0.25) is 5.91 Å². The molecule has 1 heterocycles. The number of amides is 1. The molecule has 5 nitrogen and oxygen atoms in total. The van der Waals surface area contributed by atoms with E-state index < -0.39 is 0 Å². The lowest BCUT2D eigenvalue weighted by Crippen LogP contribution is -2.33. The van der Waals surface area contributed by atoms with E-state index in [1.807, 2.05) is 0 Å². The number of fused-ring (bicyclic) bond motifs is 1. The zero-order valence-corrected chi connectivity index (χ0v) is 12.6. The van der Waals surface area contributed by atoms with Crippen molar-refractivity contribution in [2.75, 3.05) is 6.54 Å². The Morgan fingerprint density at radius 1 is 1.38 bits per heavy atom. The molecule has 0 spiro atoms. The number of nitrogens with zero attached hydrogens (tertiary/aromatic N) is 2. The summed E-state index contributed by atoms with van der Waals surface area (Å²) in [7, 11) is 0. The molecule has 1 N–H and O–H groups in total. The van der Waals surface area contributed by atoms with Gasteiger partial charge >= 0.3 is 0 Å². The highest BCUT2D eigenvalue weighted by Crippen LogP contribution is 2.27. The van der Waals surface area contributed by atoms with Crippen molar-refractivity contribution in [1.29, 1.82) is 0 Å². The summed E-state index contributed by atoms with van der Waals surface area (Å²) in [5.74, 6) is 0.399. The first-order valence-electron chi connectivity index (χ1n) is 6.65. The monoisotopic (exact) mass is 325 g/mol. The van der Waals surface area contributed by atoms with Gasteiger partial charge in [-0.25, -0.2) is 4.98 Å². The predicted molar refractivity (Wildman–Crippen MR) is 81.8 cm³/mol. The Morgan fingerprint density at radius 3 is 2.86 bits per heavy atom. The van der Waals surface area contributed by atoms with Crippen molar-refractivity contribution in [2.45, 2.75) is 19.4 Å². The Hall–Kier alpha value is -1.59. The maximum Gasteiger partial charge on any atom is 0.261 e. The Kier molecular flexibility index (Phi) is 3.87. The molecular weight excluding hydrogens is 313 g/mol. The fourth-order valence-corrected chi connectivity index (χ4v) is 2.64. The van der Waals surface area contributed by atoms with Crippen LogP contribution in [0.25, 0.3) is 10.9 Å². The van der Waals surface area contributed by atoms with E-state index in [1.165, 1.54) is 23.0 Å². The van der Waals surface area contributed by atoms with Gasteiger partial charge in [0.1, 0.15) is 6.54 Å². The van der Waals surface area contributed by atoms with Crippen molar-refractivity contribution in [3.05, 3.63) is 38.9 Å². The van der Waals surface area contributed by atoms with Crippen LogP contribution in [0.1, 0.15) is 12.8 Å². The molecular formula is C14H13Cl2N3O2. The second kappa shape index (κ2) is 5.66. The van der Waals surface area contributed by atoms with Crippen LogP contribution in [0, 0.1) is 5.92 Å². The number of rotatable bonds is 4. The SMILES string of the molecule is O=C(Cn1cnc2c(Cl)cc(Cl)cc2c1=O)NCC1CC1. The van der Waals surface area contributed by atoms with Gasteiger partial charge < -0.3 is 5.32 Å². The van der Waals surface area contributed by atoms with Crippen LogP contribution in [-0.4, -0.2) is 22.0 Å². The van der Waals surface area contributed by atoms with Gasteiger partial charge in [-0.2, -0.15) is 0 Å². The summed E-state index contributed by atoms with van der Waals surface area (Å²) >= 11 is 11.9. The summed E-state index contributed by atoms with van der Waals surface area (Å²) < 4.78 is 1.26. The molecule has 1 aliphatic rings. The Morgan fingerprint density at radius 2 is 2.14 bits per heavy atom. The molecule has 1 fully saturated rings. The van der Waals surface area contributed by atoms with Crippen molar-refractivity contribution >= 4 is 40.0 Å². The highest BCUT2D eigenvalue weighted by atomic mass is 35.5. The summed E-state index contributed by atoms with van der Waals surface area (Å²) in [6.07, 6.45) is 3.66. The van der Waals surface area contributed by atoms with Crippen LogP contribution in [-0.2, 0) is 11.3 Å². The molecule has 0 aliphatic heterocycles. The second-order valence-electron chi connectivity index (χ2n) is 5.21. The molecule has 7 heteroatoms. The minimum Gasteiger partial charge on any atom is -0.354 e. The van der Waals surface area contributed by atoms with Gasteiger partial charge in [0.25, 0.3) is 5.56 Å².